The number of aryl methyl sites for hydroxylation is 1. The summed E-state index contributed by atoms with van der Waals surface area (Å²) in [6.07, 6.45) is 1.01. The van der Waals surface area contributed by atoms with Gasteiger partial charge in [0.1, 0.15) is 5.82 Å². The molecule has 0 fully saturated rings. The zero-order valence-corrected chi connectivity index (χ0v) is 14.8. The lowest BCUT2D eigenvalue weighted by molar-refractivity contribution is 0.324. The summed E-state index contributed by atoms with van der Waals surface area (Å²) >= 11 is 0. The first-order chi connectivity index (χ1) is 11.6. The van der Waals surface area contributed by atoms with E-state index in [-0.39, 0.29) is 0 Å². The van der Waals surface area contributed by atoms with Gasteiger partial charge in [0, 0.05) is 36.1 Å². The monoisotopic (exact) mass is 332 g/mol. The molecule has 7 nitrogen and oxygen atoms in total. The van der Waals surface area contributed by atoms with Gasteiger partial charge in [-0.1, -0.05) is 6.92 Å². The molecule has 0 aliphatic carbocycles. The fraction of sp³-hybridized carbons (Fsp3) is 0.412. The molecule has 0 saturated heterocycles. The number of aromatic nitrogens is 2. The van der Waals surface area contributed by atoms with E-state index >= 15 is 0 Å². The van der Waals surface area contributed by atoms with E-state index in [1.165, 1.54) is 0 Å². The predicted molar refractivity (Wildman–Crippen MR) is 94.9 cm³/mol. The van der Waals surface area contributed by atoms with Crippen molar-refractivity contribution in [2.45, 2.75) is 20.3 Å². The Balaban J connectivity index is 2.32. The van der Waals surface area contributed by atoms with Gasteiger partial charge in [0.25, 0.3) is 0 Å². The molecule has 0 atom stereocenters. The van der Waals surface area contributed by atoms with Gasteiger partial charge in [0.2, 0.25) is 11.7 Å². The zero-order chi connectivity index (χ0) is 17.5. The summed E-state index contributed by atoms with van der Waals surface area (Å²) in [6, 6.07) is 5.54. The van der Waals surface area contributed by atoms with Crippen LogP contribution in [0.1, 0.15) is 19.0 Å². The third kappa shape index (κ3) is 4.18. The quantitative estimate of drug-likeness (QED) is 0.767. The summed E-state index contributed by atoms with van der Waals surface area (Å²) in [6.45, 7) is 4.85. The van der Waals surface area contributed by atoms with Gasteiger partial charge >= 0.3 is 0 Å². The van der Waals surface area contributed by atoms with E-state index in [1.54, 1.807) is 21.3 Å². The molecule has 1 aromatic heterocycles. The molecule has 0 bridgehead atoms. The highest BCUT2D eigenvalue weighted by molar-refractivity contribution is 5.67. The van der Waals surface area contributed by atoms with Crippen LogP contribution in [0, 0.1) is 6.92 Å². The zero-order valence-electron chi connectivity index (χ0n) is 14.8. The normalized spacial score (nSPS) is 10.2. The van der Waals surface area contributed by atoms with E-state index < -0.39 is 0 Å². The Hall–Kier alpha value is -2.70. The number of methoxy groups -OCH3 is 3. The van der Waals surface area contributed by atoms with Crippen LogP contribution in [0.25, 0.3) is 0 Å². The lowest BCUT2D eigenvalue weighted by Crippen LogP contribution is -2.07. The van der Waals surface area contributed by atoms with Crippen molar-refractivity contribution >= 4 is 17.5 Å². The molecule has 0 aliphatic heterocycles. The van der Waals surface area contributed by atoms with Crippen molar-refractivity contribution in [3.63, 3.8) is 0 Å². The molecule has 1 aromatic carbocycles. The Morgan fingerprint density at radius 3 is 2.17 bits per heavy atom. The molecule has 0 saturated carbocycles. The fourth-order valence-electron chi connectivity index (χ4n) is 2.25. The maximum absolute atomic E-state index is 5.37. The molecular formula is C17H24N4O3. The smallest absolute Gasteiger partial charge is 0.224 e. The van der Waals surface area contributed by atoms with Crippen molar-refractivity contribution in [1.82, 2.24) is 9.97 Å². The van der Waals surface area contributed by atoms with Crippen LogP contribution in [-0.2, 0) is 0 Å². The van der Waals surface area contributed by atoms with Crippen LogP contribution < -0.4 is 24.8 Å². The average Bonchev–Trinajstić information content (AvgIpc) is 2.58. The second-order valence-corrected chi connectivity index (χ2v) is 5.18. The lowest BCUT2D eigenvalue weighted by atomic mass is 10.2. The van der Waals surface area contributed by atoms with Gasteiger partial charge in [-0.3, -0.25) is 0 Å². The highest BCUT2D eigenvalue weighted by Gasteiger charge is 2.13. The number of rotatable bonds is 8. The second-order valence-electron chi connectivity index (χ2n) is 5.18. The minimum absolute atomic E-state index is 0.551. The van der Waals surface area contributed by atoms with Gasteiger partial charge in [0.05, 0.1) is 21.3 Å². The van der Waals surface area contributed by atoms with Crippen molar-refractivity contribution in [3.05, 3.63) is 23.9 Å². The van der Waals surface area contributed by atoms with Crippen molar-refractivity contribution in [1.29, 1.82) is 0 Å². The summed E-state index contributed by atoms with van der Waals surface area (Å²) in [5.41, 5.74) is 1.66. The molecule has 7 heteroatoms. The summed E-state index contributed by atoms with van der Waals surface area (Å²) in [7, 11) is 4.75. The molecule has 0 aliphatic rings. The molecule has 130 valence electrons. The number of ether oxygens (including phenoxy) is 3. The SMILES string of the molecule is CCCNc1nc(C)cc(Nc2cc(OC)c(OC)c(OC)c2)n1. The summed E-state index contributed by atoms with van der Waals surface area (Å²) < 4.78 is 16.1. The topological polar surface area (TPSA) is 77.5 Å². The maximum Gasteiger partial charge on any atom is 0.224 e. The van der Waals surface area contributed by atoms with Crippen LogP contribution in [0.15, 0.2) is 18.2 Å². The van der Waals surface area contributed by atoms with E-state index in [1.807, 2.05) is 25.1 Å². The molecule has 1 heterocycles. The lowest BCUT2D eigenvalue weighted by Gasteiger charge is -2.15. The number of nitrogens with zero attached hydrogens (tertiary/aromatic N) is 2. The van der Waals surface area contributed by atoms with Crippen LogP contribution in [0.4, 0.5) is 17.5 Å². The first-order valence-electron chi connectivity index (χ1n) is 7.77. The van der Waals surface area contributed by atoms with Crippen molar-refractivity contribution < 1.29 is 14.2 Å². The number of hydrogen-bond acceptors (Lipinski definition) is 7. The number of benzene rings is 1. The van der Waals surface area contributed by atoms with Crippen LogP contribution in [0.3, 0.4) is 0 Å². The molecule has 0 amide bonds. The van der Waals surface area contributed by atoms with E-state index in [2.05, 4.69) is 27.5 Å². The van der Waals surface area contributed by atoms with Gasteiger partial charge in [-0.25, -0.2) is 4.98 Å². The van der Waals surface area contributed by atoms with Crippen LogP contribution in [0.2, 0.25) is 0 Å². The first-order valence-corrected chi connectivity index (χ1v) is 7.77. The highest BCUT2D eigenvalue weighted by atomic mass is 16.5. The van der Waals surface area contributed by atoms with Crippen LogP contribution in [0.5, 0.6) is 17.2 Å². The van der Waals surface area contributed by atoms with Crippen molar-refractivity contribution in [2.24, 2.45) is 0 Å². The van der Waals surface area contributed by atoms with Crippen LogP contribution in [-0.4, -0.2) is 37.8 Å². The minimum Gasteiger partial charge on any atom is -0.493 e. The molecule has 2 aromatic rings. The summed E-state index contributed by atoms with van der Waals surface area (Å²) in [4.78, 5) is 8.85. The molecule has 0 spiro atoms. The average molecular weight is 332 g/mol. The Bertz CT molecular complexity index is 667. The Morgan fingerprint density at radius 2 is 1.62 bits per heavy atom. The Morgan fingerprint density at radius 1 is 0.958 bits per heavy atom. The van der Waals surface area contributed by atoms with Gasteiger partial charge in [-0.05, 0) is 13.3 Å². The molecule has 2 N–H and O–H groups in total. The first kappa shape index (κ1) is 17.7. The summed E-state index contributed by atoms with van der Waals surface area (Å²) in [5.74, 6) is 3.00. The van der Waals surface area contributed by atoms with Gasteiger partial charge < -0.3 is 24.8 Å². The molecule has 2 rings (SSSR count). The largest absolute Gasteiger partial charge is 0.493 e. The highest BCUT2D eigenvalue weighted by Crippen LogP contribution is 2.40. The predicted octanol–water partition coefficient (Wildman–Crippen LogP) is 3.38. The van der Waals surface area contributed by atoms with Crippen molar-refractivity contribution in [2.75, 3.05) is 38.5 Å². The van der Waals surface area contributed by atoms with E-state index in [9.17, 15) is 0 Å². The molecule has 0 radical (unpaired) electrons. The Kier molecular flexibility index (Phi) is 6.06. The molecule has 0 unspecified atom stereocenters. The van der Waals surface area contributed by atoms with Gasteiger partial charge in [-0.2, -0.15) is 4.98 Å². The molecule has 24 heavy (non-hydrogen) atoms. The molecular weight excluding hydrogens is 308 g/mol. The van der Waals surface area contributed by atoms with Gasteiger partial charge in [-0.15, -0.1) is 0 Å². The third-order valence-electron chi connectivity index (χ3n) is 3.32. The van der Waals surface area contributed by atoms with E-state index in [4.69, 9.17) is 14.2 Å². The Labute approximate surface area is 142 Å². The summed E-state index contributed by atoms with van der Waals surface area (Å²) in [5, 5.41) is 6.45. The van der Waals surface area contributed by atoms with Crippen LogP contribution >= 0.6 is 0 Å². The minimum atomic E-state index is 0.551. The third-order valence-corrected chi connectivity index (χ3v) is 3.32. The van der Waals surface area contributed by atoms with E-state index in [0.29, 0.717) is 29.0 Å². The second kappa shape index (κ2) is 8.24. The standard InChI is InChI=1S/C17H24N4O3/c1-6-7-18-17-19-11(2)8-15(21-17)20-12-9-13(22-3)16(24-5)14(10-12)23-4/h8-10H,6-7H2,1-5H3,(H2,18,19,20,21). The number of nitrogens with one attached hydrogen (secondary N) is 2. The fourth-order valence-corrected chi connectivity index (χ4v) is 2.25. The number of hydrogen-bond donors (Lipinski definition) is 2. The van der Waals surface area contributed by atoms with E-state index in [0.717, 1.165) is 24.3 Å². The van der Waals surface area contributed by atoms with Crippen molar-refractivity contribution in [3.8, 4) is 17.2 Å². The maximum atomic E-state index is 5.37. The number of anilines is 3. The van der Waals surface area contributed by atoms with Gasteiger partial charge in [0.15, 0.2) is 11.5 Å².